The van der Waals surface area contributed by atoms with Crippen LogP contribution in [-0.2, 0) is 28.7 Å². The van der Waals surface area contributed by atoms with Crippen molar-refractivity contribution < 1.29 is 27.5 Å². The van der Waals surface area contributed by atoms with E-state index in [1.807, 2.05) is 60.8 Å². The summed E-state index contributed by atoms with van der Waals surface area (Å²) in [5.74, 6) is -0.293. The number of hydrogen-bond acceptors (Lipinski definition) is 3. The molecule has 0 aliphatic rings. The van der Waals surface area contributed by atoms with Gasteiger partial charge in [0, 0.05) is 49.5 Å². The number of nitrogens with one attached hydrogen (secondary N) is 2. The van der Waals surface area contributed by atoms with Gasteiger partial charge < -0.3 is 24.8 Å². The fourth-order valence-corrected chi connectivity index (χ4v) is 4.38. The Morgan fingerprint density at radius 2 is 1.68 bits per heavy atom. The number of alkyl halides is 3. The van der Waals surface area contributed by atoms with Crippen LogP contribution in [0.2, 0.25) is 0 Å². The number of hydrogen-bond donors (Lipinski definition) is 2. The number of fused-ring (bicyclic) bond motifs is 1. The van der Waals surface area contributed by atoms with E-state index in [9.17, 15) is 22.8 Å². The number of H-pyrrole nitrogens is 1. The zero-order chi connectivity index (χ0) is 28.5. The van der Waals surface area contributed by atoms with Crippen LogP contribution >= 0.6 is 0 Å². The van der Waals surface area contributed by atoms with Crippen LogP contribution in [-0.4, -0.2) is 60.1 Å². The molecule has 3 amide bonds. The first-order chi connectivity index (χ1) is 19.2. The number of para-hydroxylation sites is 1. The van der Waals surface area contributed by atoms with Gasteiger partial charge in [-0.15, -0.1) is 0 Å². The van der Waals surface area contributed by atoms with E-state index in [0.29, 0.717) is 19.5 Å². The molecule has 7 nitrogen and oxygen atoms in total. The van der Waals surface area contributed by atoms with Crippen LogP contribution in [0.5, 0.6) is 0 Å². The molecule has 10 heteroatoms. The minimum Gasteiger partial charge on any atom is -0.383 e. The van der Waals surface area contributed by atoms with E-state index >= 15 is 0 Å². The molecule has 4 aromatic rings. The molecule has 0 aliphatic heterocycles. The maximum atomic E-state index is 13.6. The monoisotopic (exact) mass is 552 g/mol. The lowest BCUT2D eigenvalue weighted by Crippen LogP contribution is -2.46. The molecule has 3 aromatic carbocycles. The number of methoxy groups -OCH3 is 1. The zero-order valence-corrected chi connectivity index (χ0v) is 22.1. The van der Waals surface area contributed by atoms with Crippen LogP contribution in [0.15, 0.2) is 85.1 Å². The Hall–Kier alpha value is -4.31. The maximum absolute atomic E-state index is 13.6. The summed E-state index contributed by atoms with van der Waals surface area (Å²) in [7, 11) is 1.47. The maximum Gasteiger partial charge on any atom is 0.416 e. The molecule has 0 aliphatic carbocycles. The molecular formula is C30H31F3N4O3. The molecule has 0 saturated heterocycles. The zero-order valence-electron chi connectivity index (χ0n) is 22.1. The number of benzene rings is 3. The molecule has 1 heterocycles. The van der Waals surface area contributed by atoms with Gasteiger partial charge in [0.1, 0.15) is 6.54 Å². The number of aromatic nitrogens is 1. The second-order valence-corrected chi connectivity index (χ2v) is 9.33. The quantitative estimate of drug-likeness (QED) is 0.242. The van der Waals surface area contributed by atoms with Crippen LogP contribution < -0.4 is 5.32 Å². The van der Waals surface area contributed by atoms with Gasteiger partial charge in [-0.25, -0.2) is 4.79 Å². The van der Waals surface area contributed by atoms with Gasteiger partial charge in [0.15, 0.2) is 0 Å². The molecular weight excluding hydrogens is 521 g/mol. The van der Waals surface area contributed by atoms with E-state index in [1.54, 1.807) is 4.90 Å². The van der Waals surface area contributed by atoms with Gasteiger partial charge in [-0.3, -0.25) is 4.79 Å². The second kappa shape index (κ2) is 13.2. The molecule has 0 bridgehead atoms. The summed E-state index contributed by atoms with van der Waals surface area (Å²) < 4.78 is 44.5. The van der Waals surface area contributed by atoms with Gasteiger partial charge >= 0.3 is 12.2 Å². The Morgan fingerprint density at radius 3 is 2.42 bits per heavy atom. The third-order valence-corrected chi connectivity index (χ3v) is 6.51. The molecule has 0 fully saturated rings. The van der Waals surface area contributed by atoms with Gasteiger partial charge in [-0.2, -0.15) is 13.2 Å². The highest BCUT2D eigenvalue weighted by atomic mass is 19.4. The van der Waals surface area contributed by atoms with Crippen LogP contribution in [0.4, 0.5) is 23.7 Å². The Kier molecular flexibility index (Phi) is 9.44. The van der Waals surface area contributed by atoms with Crippen LogP contribution in [0, 0.1) is 0 Å². The highest BCUT2D eigenvalue weighted by molar-refractivity contribution is 5.92. The molecule has 0 radical (unpaired) electrons. The summed E-state index contributed by atoms with van der Waals surface area (Å²) in [5.41, 5.74) is 2.12. The minimum atomic E-state index is -4.55. The van der Waals surface area contributed by atoms with Crippen molar-refractivity contribution in [3.05, 3.63) is 102 Å². The van der Waals surface area contributed by atoms with Crippen LogP contribution in [0.25, 0.3) is 10.9 Å². The largest absolute Gasteiger partial charge is 0.416 e. The van der Waals surface area contributed by atoms with Crippen molar-refractivity contribution in [2.45, 2.75) is 19.1 Å². The number of aromatic amines is 1. The van der Waals surface area contributed by atoms with Gasteiger partial charge in [-0.1, -0.05) is 54.6 Å². The van der Waals surface area contributed by atoms with Crippen molar-refractivity contribution in [1.29, 1.82) is 0 Å². The predicted octanol–water partition coefficient (Wildman–Crippen LogP) is 5.94. The first kappa shape index (κ1) is 28.7. The second-order valence-electron chi connectivity index (χ2n) is 9.33. The highest BCUT2D eigenvalue weighted by Crippen LogP contribution is 2.30. The van der Waals surface area contributed by atoms with Crippen molar-refractivity contribution in [3.8, 4) is 0 Å². The fourth-order valence-electron chi connectivity index (χ4n) is 4.38. The lowest BCUT2D eigenvalue weighted by molar-refractivity contribution is -0.137. The van der Waals surface area contributed by atoms with E-state index < -0.39 is 17.8 Å². The van der Waals surface area contributed by atoms with Crippen LogP contribution in [0.1, 0.15) is 16.7 Å². The number of urea groups is 1. The molecule has 0 unspecified atom stereocenters. The summed E-state index contributed by atoms with van der Waals surface area (Å²) in [4.78, 5) is 32.9. The normalized spacial score (nSPS) is 11.4. The number of carbonyl (C=O) groups is 2. The number of rotatable bonds is 11. The number of amides is 3. The summed E-state index contributed by atoms with van der Waals surface area (Å²) in [6, 6.07) is 21.1. The topological polar surface area (TPSA) is 77.7 Å². The molecule has 0 saturated carbocycles. The summed E-state index contributed by atoms with van der Waals surface area (Å²) in [6.07, 6.45) is -2.02. The summed E-state index contributed by atoms with van der Waals surface area (Å²) in [6.45, 7) is 0.708. The van der Waals surface area contributed by atoms with Gasteiger partial charge in [0.05, 0.1) is 12.2 Å². The van der Waals surface area contributed by atoms with Gasteiger partial charge in [0.25, 0.3) is 0 Å². The van der Waals surface area contributed by atoms with E-state index in [-0.39, 0.29) is 31.3 Å². The van der Waals surface area contributed by atoms with Gasteiger partial charge in [0.2, 0.25) is 5.91 Å². The molecule has 2 N–H and O–H groups in total. The smallest absolute Gasteiger partial charge is 0.383 e. The number of carbonyl (C=O) groups excluding carboxylic acids is 2. The summed E-state index contributed by atoms with van der Waals surface area (Å²) >= 11 is 0. The SMILES string of the molecule is COCCN(CC(=O)N(CCc1c[nH]c2ccccc12)Cc1ccccc1)C(=O)Nc1cccc(C(F)(F)F)c1. The Morgan fingerprint density at radius 1 is 0.925 bits per heavy atom. The third kappa shape index (κ3) is 7.63. The van der Waals surface area contributed by atoms with Crippen molar-refractivity contribution >= 4 is 28.5 Å². The molecule has 40 heavy (non-hydrogen) atoms. The number of anilines is 1. The molecule has 0 spiro atoms. The molecule has 210 valence electrons. The van der Waals surface area contributed by atoms with Crippen molar-refractivity contribution in [1.82, 2.24) is 14.8 Å². The predicted molar refractivity (Wildman–Crippen MR) is 148 cm³/mol. The lowest BCUT2D eigenvalue weighted by atomic mass is 10.1. The minimum absolute atomic E-state index is 0.0184. The Bertz CT molecular complexity index is 1420. The Labute approximate surface area is 230 Å². The van der Waals surface area contributed by atoms with E-state index in [1.165, 1.54) is 24.1 Å². The fraction of sp³-hybridized carbons (Fsp3) is 0.267. The molecule has 0 atom stereocenters. The van der Waals surface area contributed by atoms with Crippen LogP contribution in [0.3, 0.4) is 0 Å². The average molecular weight is 553 g/mol. The number of nitrogens with zero attached hydrogens (tertiary/aromatic N) is 2. The number of halogens is 3. The van der Waals surface area contributed by atoms with E-state index in [2.05, 4.69) is 10.3 Å². The van der Waals surface area contributed by atoms with Crippen molar-refractivity contribution in [2.24, 2.45) is 0 Å². The number of ether oxygens (including phenoxy) is 1. The first-order valence-corrected chi connectivity index (χ1v) is 12.8. The first-order valence-electron chi connectivity index (χ1n) is 12.8. The molecule has 4 rings (SSSR count). The van der Waals surface area contributed by atoms with Gasteiger partial charge in [-0.05, 0) is 41.8 Å². The van der Waals surface area contributed by atoms with E-state index in [0.717, 1.165) is 34.2 Å². The highest BCUT2D eigenvalue weighted by Gasteiger charge is 2.31. The molecule has 1 aromatic heterocycles. The van der Waals surface area contributed by atoms with Crippen molar-refractivity contribution in [2.75, 3.05) is 38.7 Å². The van der Waals surface area contributed by atoms with E-state index in [4.69, 9.17) is 4.74 Å². The lowest BCUT2D eigenvalue weighted by Gasteiger charge is -2.28. The Balaban J connectivity index is 1.50. The summed E-state index contributed by atoms with van der Waals surface area (Å²) in [5, 5.41) is 3.57. The standard InChI is InChI=1S/C30H31F3N4O3/c1-40-17-16-37(29(39)35-25-11-7-10-24(18-25)30(31,32)33)21-28(38)36(20-22-8-3-2-4-9-22)15-14-23-19-34-27-13-6-5-12-26(23)27/h2-13,18-19,34H,14-17,20-21H2,1H3,(H,35,39). The van der Waals surface area contributed by atoms with Crippen molar-refractivity contribution in [3.63, 3.8) is 0 Å². The average Bonchev–Trinajstić information content (AvgIpc) is 3.36. The third-order valence-electron chi connectivity index (χ3n) is 6.51.